The molecular weight excluding hydrogens is 467 g/mol. The van der Waals surface area contributed by atoms with Crippen molar-refractivity contribution in [3.05, 3.63) is 57.6 Å². The molecule has 5 rings (SSSR count). The third-order valence-electron chi connectivity index (χ3n) is 7.69. The Morgan fingerprint density at radius 2 is 1.65 bits per heavy atom. The molecule has 0 bridgehead atoms. The zero-order valence-corrected chi connectivity index (χ0v) is 21.6. The lowest BCUT2D eigenvalue weighted by atomic mass is 9.78. The van der Waals surface area contributed by atoms with Crippen molar-refractivity contribution in [3.8, 4) is 0 Å². The van der Waals surface area contributed by atoms with Crippen molar-refractivity contribution >= 4 is 40.6 Å². The number of halogens is 2. The molecule has 7 heteroatoms. The number of piperazine rings is 1. The molecule has 0 aromatic heterocycles. The van der Waals surface area contributed by atoms with Crippen LogP contribution >= 0.6 is 23.2 Å². The number of anilines is 2. The maximum atomic E-state index is 13.1. The number of carbonyl (C=O) groups excluding carboxylic acids is 1. The lowest BCUT2D eigenvalue weighted by Crippen LogP contribution is -2.50. The predicted molar refractivity (Wildman–Crippen MR) is 141 cm³/mol. The third-order valence-corrected chi connectivity index (χ3v) is 8.12. The fourth-order valence-corrected chi connectivity index (χ4v) is 6.50. The van der Waals surface area contributed by atoms with Gasteiger partial charge < -0.3 is 15.1 Å². The predicted octanol–water partition coefficient (Wildman–Crippen LogP) is 6.38. The maximum absolute atomic E-state index is 13.1. The van der Waals surface area contributed by atoms with Crippen LogP contribution in [0.2, 0.25) is 10.0 Å². The summed E-state index contributed by atoms with van der Waals surface area (Å²) < 4.78 is 0. The Morgan fingerprint density at radius 1 is 0.971 bits per heavy atom. The van der Waals surface area contributed by atoms with E-state index in [1.807, 2.05) is 4.90 Å². The van der Waals surface area contributed by atoms with Gasteiger partial charge in [-0.05, 0) is 54.3 Å². The lowest BCUT2D eigenvalue weighted by molar-refractivity contribution is 0.186. The molecule has 1 N–H and O–H groups in total. The van der Waals surface area contributed by atoms with Crippen LogP contribution in [-0.4, -0.2) is 54.6 Å². The molecule has 2 aliphatic heterocycles. The number of nitrogens with one attached hydrogen (secondary N) is 1. The molecule has 1 aliphatic carbocycles. The molecule has 2 heterocycles. The quantitative estimate of drug-likeness (QED) is 0.530. The van der Waals surface area contributed by atoms with Gasteiger partial charge in [-0.15, -0.1) is 0 Å². The van der Waals surface area contributed by atoms with Crippen molar-refractivity contribution in [1.82, 2.24) is 9.80 Å². The second kappa shape index (κ2) is 9.60. The highest BCUT2D eigenvalue weighted by Gasteiger charge is 2.35. The second-order valence-corrected chi connectivity index (χ2v) is 11.5. The van der Waals surface area contributed by atoms with Gasteiger partial charge >= 0.3 is 6.03 Å². The number of amides is 2. The van der Waals surface area contributed by atoms with Gasteiger partial charge in [0.1, 0.15) is 0 Å². The molecule has 0 unspecified atom stereocenters. The fraction of sp³-hybridized carbons (Fsp3) is 0.519. The molecular formula is C27H34Cl2N4O. The molecule has 0 spiro atoms. The molecule has 2 amide bonds. The van der Waals surface area contributed by atoms with E-state index in [9.17, 15) is 4.79 Å². The maximum Gasteiger partial charge on any atom is 0.322 e. The molecule has 182 valence electrons. The third kappa shape index (κ3) is 5.02. The van der Waals surface area contributed by atoms with Gasteiger partial charge in [0.05, 0.1) is 0 Å². The van der Waals surface area contributed by atoms with E-state index >= 15 is 0 Å². The number of rotatable bonds is 3. The number of fused-ring (bicyclic) bond motifs is 1. The monoisotopic (exact) mass is 500 g/mol. The summed E-state index contributed by atoms with van der Waals surface area (Å²) >= 11 is 12.2. The molecule has 3 aliphatic rings. The number of urea groups is 1. The van der Waals surface area contributed by atoms with Crippen LogP contribution in [0, 0.1) is 0 Å². The van der Waals surface area contributed by atoms with Crippen LogP contribution in [0.25, 0.3) is 0 Å². The molecule has 1 saturated heterocycles. The van der Waals surface area contributed by atoms with Crippen LogP contribution in [-0.2, 0) is 12.0 Å². The van der Waals surface area contributed by atoms with Crippen molar-refractivity contribution in [3.63, 3.8) is 0 Å². The summed E-state index contributed by atoms with van der Waals surface area (Å²) in [5, 5.41) is 3.98. The van der Waals surface area contributed by atoms with E-state index in [1.165, 1.54) is 42.5 Å². The van der Waals surface area contributed by atoms with Gasteiger partial charge in [-0.1, -0.05) is 56.0 Å². The van der Waals surface area contributed by atoms with Gasteiger partial charge in [0.15, 0.2) is 0 Å². The standard InChI is InChI=1S/C27H34Cl2N4O/c1-27(2)18-33(26(34)30-22-15-20(28)14-21(29)16-22)17-19-13-24(7-8-25(19)27)32-11-9-31(10-12-32)23-5-3-4-6-23/h7-8,13-16,23H,3-6,9-12,17-18H2,1-2H3,(H,30,34). The number of benzene rings is 2. The Balaban J connectivity index is 1.29. The van der Waals surface area contributed by atoms with E-state index in [0.717, 1.165) is 32.2 Å². The van der Waals surface area contributed by atoms with Crippen molar-refractivity contribution in [1.29, 1.82) is 0 Å². The van der Waals surface area contributed by atoms with Crippen LogP contribution < -0.4 is 10.2 Å². The van der Waals surface area contributed by atoms with E-state index in [0.29, 0.717) is 28.8 Å². The Labute approximate surface area is 213 Å². The zero-order valence-electron chi connectivity index (χ0n) is 20.1. The first-order chi connectivity index (χ1) is 16.3. The Morgan fingerprint density at radius 3 is 2.32 bits per heavy atom. The number of carbonyl (C=O) groups is 1. The first-order valence-corrected chi connectivity index (χ1v) is 13.2. The smallest absolute Gasteiger partial charge is 0.322 e. The minimum absolute atomic E-state index is 0.128. The molecule has 0 atom stereocenters. The Bertz CT molecular complexity index is 1040. The van der Waals surface area contributed by atoms with Crippen molar-refractivity contribution in [2.75, 3.05) is 42.9 Å². The SMILES string of the molecule is CC1(C)CN(C(=O)Nc2cc(Cl)cc(Cl)c2)Cc2cc(N3CCN(C4CCCC4)CC3)ccc21. The van der Waals surface area contributed by atoms with Crippen LogP contribution in [0.3, 0.4) is 0 Å². The summed E-state index contributed by atoms with van der Waals surface area (Å²) in [4.78, 5) is 20.2. The van der Waals surface area contributed by atoms with Gasteiger partial charge in [-0.2, -0.15) is 0 Å². The van der Waals surface area contributed by atoms with E-state index in [4.69, 9.17) is 23.2 Å². The van der Waals surface area contributed by atoms with E-state index in [-0.39, 0.29) is 11.4 Å². The largest absolute Gasteiger partial charge is 0.369 e. The van der Waals surface area contributed by atoms with Crippen LogP contribution in [0.15, 0.2) is 36.4 Å². The highest BCUT2D eigenvalue weighted by molar-refractivity contribution is 6.35. The highest BCUT2D eigenvalue weighted by Crippen LogP contribution is 2.36. The number of nitrogens with zero attached hydrogens (tertiary/aromatic N) is 3. The summed E-state index contributed by atoms with van der Waals surface area (Å²) in [6, 6.07) is 12.6. The second-order valence-electron chi connectivity index (χ2n) is 10.6. The van der Waals surface area contributed by atoms with Crippen LogP contribution in [0.1, 0.15) is 50.7 Å². The first kappa shape index (κ1) is 23.8. The van der Waals surface area contributed by atoms with Gasteiger partial charge in [0.25, 0.3) is 0 Å². The lowest BCUT2D eigenvalue weighted by Gasteiger charge is -2.42. The minimum atomic E-state index is -0.132. The summed E-state index contributed by atoms with van der Waals surface area (Å²) in [6.07, 6.45) is 5.51. The van der Waals surface area contributed by atoms with Gasteiger partial charge in [-0.25, -0.2) is 4.79 Å². The summed E-state index contributed by atoms with van der Waals surface area (Å²) in [5.41, 5.74) is 4.31. The minimum Gasteiger partial charge on any atom is -0.369 e. The average molecular weight is 502 g/mol. The Hall–Kier alpha value is -1.95. The van der Waals surface area contributed by atoms with Gasteiger partial charge in [0, 0.05) is 72.1 Å². The molecule has 2 fully saturated rings. The number of hydrogen-bond acceptors (Lipinski definition) is 3. The first-order valence-electron chi connectivity index (χ1n) is 12.4. The summed E-state index contributed by atoms with van der Waals surface area (Å²) in [6.45, 7) is 10.1. The average Bonchev–Trinajstić information content (AvgIpc) is 3.32. The Kier molecular flexibility index (Phi) is 6.71. The molecule has 34 heavy (non-hydrogen) atoms. The van der Waals surface area contributed by atoms with Crippen molar-refractivity contribution < 1.29 is 4.79 Å². The summed E-state index contributed by atoms with van der Waals surface area (Å²) in [5.74, 6) is 0. The van der Waals surface area contributed by atoms with Crippen LogP contribution in [0.4, 0.5) is 16.2 Å². The van der Waals surface area contributed by atoms with Crippen molar-refractivity contribution in [2.45, 2.75) is 57.5 Å². The normalized spacial score (nSPS) is 20.9. The molecule has 0 radical (unpaired) electrons. The van der Waals surface area contributed by atoms with E-state index in [1.54, 1.807) is 18.2 Å². The van der Waals surface area contributed by atoms with E-state index in [2.05, 4.69) is 47.2 Å². The van der Waals surface area contributed by atoms with Crippen LogP contribution in [0.5, 0.6) is 0 Å². The zero-order chi connectivity index (χ0) is 23.9. The van der Waals surface area contributed by atoms with E-state index < -0.39 is 0 Å². The molecule has 5 nitrogen and oxygen atoms in total. The molecule has 1 saturated carbocycles. The molecule has 2 aromatic carbocycles. The molecule has 2 aromatic rings. The summed E-state index contributed by atoms with van der Waals surface area (Å²) in [7, 11) is 0. The number of hydrogen-bond donors (Lipinski definition) is 1. The van der Waals surface area contributed by atoms with Gasteiger partial charge in [-0.3, -0.25) is 4.90 Å². The topological polar surface area (TPSA) is 38.8 Å². The fourth-order valence-electron chi connectivity index (χ4n) is 5.98. The van der Waals surface area contributed by atoms with Gasteiger partial charge in [0.2, 0.25) is 0 Å². The highest BCUT2D eigenvalue weighted by atomic mass is 35.5. The van der Waals surface area contributed by atoms with Crippen molar-refractivity contribution in [2.24, 2.45) is 0 Å².